The average Bonchev–Trinajstić information content (AvgIpc) is 3.01. The minimum atomic E-state index is -0.522. The van der Waals surface area contributed by atoms with Crippen molar-refractivity contribution >= 4 is 46.9 Å². The highest BCUT2D eigenvalue weighted by Crippen LogP contribution is 2.29. The second-order valence-corrected chi connectivity index (χ2v) is 10.5. The molecule has 9 heteroatoms. The monoisotopic (exact) mass is 581 g/mol. The molecule has 214 valence electrons. The van der Waals surface area contributed by atoms with Gasteiger partial charge in [0.15, 0.2) is 11.5 Å². The number of carbonyl (C=O) groups is 3. The smallest absolute Gasteiger partial charge is 0.272 e. The molecular formula is C33H31N3O5S. The molecule has 4 aromatic rings. The summed E-state index contributed by atoms with van der Waals surface area (Å²) >= 11 is 1.37. The lowest BCUT2D eigenvalue weighted by atomic mass is 10.1. The van der Waals surface area contributed by atoms with Gasteiger partial charge in [0, 0.05) is 21.8 Å². The minimum Gasteiger partial charge on any atom is -0.493 e. The summed E-state index contributed by atoms with van der Waals surface area (Å²) in [5.41, 5.74) is 2.29. The number of thioether (sulfide) groups is 1. The lowest BCUT2D eigenvalue weighted by Gasteiger charge is -2.14. The Morgan fingerprint density at radius 3 is 2.10 bits per heavy atom. The Hall–Kier alpha value is -5.02. The van der Waals surface area contributed by atoms with Crippen molar-refractivity contribution in [3.63, 3.8) is 0 Å². The molecule has 0 aliphatic carbocycles. The zero-order valence-corrected chi connectivity index (χ0v) is 24.2. The zero-order valence-electron chi connectivity index (χ0n) is 23.4. The third kappa shape index (κ3) is 8.25. The van der Waals surface area contributed by atoms with Crippen LogP contribution in [0.3, 0.4) is 0 Å². The molecule has 0 spiro atoms. The predicted octanol–water partition coefficient (Wildman–Crippen LogP) is 6.23. The van der Waals surface area contributed by atoms with Crippen LogP contribution >= 0.6 is 11.8 Å². The van der Waals surface area contributed by atoms with E-state index in [9.17, 15) is 14.4 Å². The van der Waals surface area contributed by atoms with E-state index >= 15 is 0 Å². The molecule has 42 heavy (non-hydrogen) atoms. The molecular weight excluding hydrogens is 550 g/mol. The summed E-state index contributed by atoms with van der Waals surface area (Å²) < 4.78 is 10.7. The van der Waals surface area contributed by atoms with Crippen LogP contribution in [0.5, 0.6) is 11.5 Å². The van der Waals surface area contributed by atoms with Gasteiger partial charge in [0.1, 0.15) is 5.70 Å². The molecule has 1 unspecified atom stereocenters. The normalized spacial score (nSPS) is 11.6. The van der Waals surface area contributed by atoms with Crippen LogP contribution in [0.25, 0.3) is 6.08 Å². The van der Waals surface area contributed by atoms with Crippen LogP contribution in [-0.4, -0.2) is 37.2 Å². The Kier molecular flexibility index (Phi) is 10.4. The maximum atomic E-state index is 13.5. The highest BCUT2D eigenvalue weighted by molar-refractivity contribution is 8.00. The average molecular weight is 582 g/mol. The van der Waals surface area contributed by atoms with E-state index in [-0.39, 0.29) is 16.9 Å². The first-order valence-corrected chi connectivity index (χ1v) is 14.0. The maximum absolute atomic E-state index is 13.5. The quantitative estimate of drug-likeness (QED) is 0.143. The van der Waals surface area contributed by atoms with E-state index in [1.807, 2.05) is 43.3 Å². The number of methoxy groups -OCH3 is 2. The highest BCUT2D eigenvalue weighted by atomic mass is 32.2. The van der Waals surface area contributed by atoms with Crippen molar-refractivity contribution in [1.82, 2.24) is 5.32 Å². The van der Waals surface area contributed by atoms with Gasteiger partial charge in [-0.2, -0.15) is 0 Å². The van der Waals surface area contributed by atoms with Crippen molar-refractivity contribution in [2.45, 2.75) is 17.1 Å². The van der Waals surface area contributed by atoms with Crippen molar-refractivity contribution in [3.05, 3.63) is 120 Å². The number of hydrogen-bond acceptors (Lipinski definition) is 6. The first kappa shape index (κ1) is 30.0. The van der Waals surface area contributed by atoms with E-state index < -0.39 is 11.8 Å². The van der Waals surface area contributed by atoms with Gasteiger partial charge in [-0.15, -0.1) is 11.8 Å². The van der Waals surface area contributed by atoms with E-state index in [0.29, 0.717) is 28.3 Å². The fourth-order valence-electron chi connectivity index (χ4n) is 3.92. The lowest BCUT2D eigenvalue weighted by Crippen LogP contribution is -2.30. The molecule has 0 aromatic heterocycles. The zero-order chi connectivity index (χ0) is 29.9. The summed E-state index contributed by atoms with van der Waals surface area (Å²) in [6.45, 7) is 1.82. The Morgan fingerprint density at radius 2 is 1.40 bits per heavy atom. The molecule has 0 aliphatic rings. The van der Waals surface area contributed by atoms with E-state index in [1.54, 1.807) is 72.8 Å². The maximum Gasteiger partial charge on any atom is 0.272 e. The Bertz CT molecular complexity index is 1580. The lowest BCUT2D eigenvalue weighted by molar-refractivity contribution is -0.115. The largest absolute Gasteiger partial charge is 0.493 e. The Balaban J connectivity index is 1.53. The summed E-state index contributed by atoms with van der Waals surface area (Å²) in [7, 11) is 3.06. The Morgan fingerprint density at radius 1 is 0.738 bits per heavy atom. The summed E-state index contributed by atoms with van der Waals surface area (Å²) in [5, 5.41) is 8.11. The molecule has 1 atom stereocenters. The minimum absolute atomic E-state index is 0.0322. The molecule has 0 saturated carbocycles. The number of carbonyl (C=O) groups excluding carboxylic acids is 3. The standard InChI is InChI=1S/C33H31N3O5S/c1-22(31(37)34-25-13-8-5-9-14-25)42-27-16-10-15-26(21-27)35-33(39)28(36-32(38)24-11-6-4-7-12-24)19-23-17-18-29(40-2)30(20-23)41-3/h4-22H,1-3H3,(H,34,37)(H,35,39)(H,36,38)/b28-19+. The van der Waals surface area contributed by atoms with Crippen LogP contribution in [0.1, 0.15) is 22.8 Å². The van der Waals surface area contributed by atoms with Gasteiger partial charge in [0.2, 0.25) is 5.91 Å². The third-order valence-corrected chi connectivity index (χ3v) is 7.16. The van der Waals surface area contributed by atoms with Crippen LogP contribution in [0, 0.1) is 0 Å². The number of amides is 3. The van der Waals surface area contributed by atoms with Crippen molar-refractivity contribution in [3.8, 4) is 11.5 Å². The number of para-hydroxylation sites is 1. The molecule has 3 amide bonds. The van der Waals surface area contributed by atoms with E-state index in [0.717, 1.165) is 10.6 Å². The molecule has 4 rings (SSSR count). The van der Waals surface area contributed by atoms with E-state index in [1.165, 1.54) is 26.0 Å². The second-order valence-electron chi connectivity index (χ2n) is 9.09. The third-order valence-electron chi connectivity index (χ3n) is 6.06. The van der Waals surface area contributed by atoms with Gasteiger partial charge in [0.25, 0.3) is 11.8 Å². The molecule has 0 radical (unpaired) electrons. The van der Waals surface area contributed by atoms with Gasteiger partial charge in [0.05, 0.1) is 19.5 Å². The summed E-state index contributed by atoms with van der Waals surface area (Å²) in [6, 6.07) is 30.2. The summed E-state index contributed by atoms with van der Waals surface area (Å²) in [4.78, 5) is 39.9. The van der Waals surface area contributed by atoms with Gasteiger partial charge >= 0.3 is 0 Å². The fraction of sp³-hybridized carbons (Fsp3) is 0.121. The fourth-order valence-corrected chi connectivity index (χ4v) is 4.85. The summed E-state index contributed by atoms with van der Waals surface area (Å²) in [6.07, 6.45) is 1.56. The van der Waals surface area contributed by atoms with E-state index in [2.05, 4.69) is 16.0 Å². The molecule has 3 N–H and O–H groups in total. The number of nitrogens with one attached hydrogen (secondary N) is 3. The van der Waals surface area contributed by atoms with Crippen molar-refractivity contribution in [2.75, 3.05) is 24.9 Å². The van der Waals surface area contributed by atoms with Gasteiger partial charge in [-0.1, -0.05) is 48.5 Å². The van der Waals surface area contributed by atoms with Crippen LogP contribution in [0.4, 0.5) is 11.4 Å². The summed E-state index contributed by atoms with van der Waals surface area (Å²) in [5.74, 6) is -0.0685. The number of hydrogen-bond donors (Lipinski definition) is 3. The molecule has 0 saturated heterocycles. The van der Waals surface area contributed by atoms with Crippen LogP contribution in [0.2, 0.25) is 0 Å². The van der Waals surface area contributed by atoms with E-state index in [4.69, 9.17) is 9.47 Å². The predicted molar refractivity (Wildman–Crippen MR) is 167 cm³/mol. The second kappa shape index (κ2) is 14.6. The highest BCUT2D eigenvalue weighted by Gasteiger charge is 2.18. The topological polar surface area (TPSA) is 106 Å². The first-order valence-electron chi connectivity index (χ1n) is 13.1. The van der Waals surface area contributed by atoms with Gasteiger partial charge < -0.3 is 25.4 Å². The van der Waals surface area contributed by atoms with Crippen LogP contribution in [-0.2, 0) is 9.59 Å². The number of anilines is 2. The molecule has 4 aromatic carbocycles. The van der Waals surface area contributed by atoms with Gasteiger partial charge in [-0.3, -0.25) is 14.4 Å². The van der Waals surface area contributed by atoms with Crippen molar-refractivity contribution in [2.24, 2.45) is 0 Å². The van der Waals surface area contributed by atoms with Crippen LogP contribution < -0.4 is 25.4 Å². The van der Waals surface area contributed by atoms with Crippen molar-refractivity contribution in [1.29, 1.82) is 0 Å². The molecule has 8 nitrogen and oxygen atoms in total. The molecule has 0 bridgehead atoms. The van der Waals surface area contributed by atoms with Crippen LogP contribution in [0.15, 0.2) is 114 Å². The molecule has 0 aliphatic heterocycles. The van der Waals surface area contributed by atoms with Gasteiger partial charge in [-0.25, -0.2) is 0 Å². The first-order chi connectivity index (χ1) is 20.4. The number of ether oxygens (including phenoxy) is 2. The Labute approximate surface area is 249 Å². The molecule has 0 heterocycles. The number of benzene rings is 4. The van der Waals surface area contributed by atoms with Crippen molar-refractivity contribution < 1.29 is 23.9 Å². The van der Waals surface area contributed by atoms with Gasteiger partial charge in [-0.05, 0) is 73.2 Å². The molecule has 0 fully saturated rings. The number of rotatable bonds is 11. The SMILES string of the molecule is COc1ccc(/C=C(/NC(=O)c2ccccc2)C(=O)Nc2cccc(SC(C)C(=O)Nc3ccccc3)c2)cc1OC.